The highest BCUT2D eigenvalue weighted by molar-refractivity contribution is 5.75. The molecule has 1 unspecified atom stereocenters. The van der Waals surface area contributed by atoms with Crippen molar-refractivity contribution in [2.24, 2.45) is 5.41 Å². The lowest BCUT2D eigenvalue weighted by Crippen LogP contribution is -2.43. The SMILES string of the molecule is CC(C)(C(=O)O)C1NCCc2cc(O)ccc21. The van der Waals surface area contributed by atoms with Crippen molar-refractivity contribution in [2.45, 2.75) is 26.3 Å². The van der Waals surface area contributed by atoms with E-state index < -0.39 is 11.4 Å². The van der Waals surface area contributed by atoms with Gasteiger partial charge < -0.3 is 15.5 Å². The van der Waals surface area contributed by atoms with Crippen molar-refractivity contribution in [1.82, 2.24) is 5.32 Å². The Morgan fingerprint density at radius 1 is 1.47 bits per heavy atom. The molecule has 1 aromatic rings. The third-order valence-electron chi connectivity index (χ3n) is 3.45. The molecular weight excluding hydrogens is 218 g/mol. The largest absolute Gasteiger partial charge is 0.508 e. The standard InChI is InChI=1S/C13H17NO3/c1-13(2,12(16)17)11-10-4-3-9(15)7-8(10)5-6-14-11/h3-4,7,11,14-15H,5-6H2,1-2H3,(H,16,17). The summed E-state index contributed by atoms with van der Waals surface area (Å²) in [4.78, 5) is 11.3. The van der Waals surface area contributed by atoms with Crippen LogP contribution in [-0.2, 0) is 11.2 Å². The molecule has 1 aliphatic rings. The van der Waals surface area contributed by atoms with Crippen LogP contribution in [0, 0.1) is 5.41 Å². The predicted molar refractivity (Wildman–Crippen MR) is 64.0 cm³/mol. The topological polar surface area (TPSA) is 69.6 Å². The van der Waals surface area contributed by atoms with Gasteiger partial charge in [0.2, 0.25) is 0 Å². The molecule has 0 spiro atoms. The van der Waals surface area contributed by atoms with Crippen LogP contribution >= 0.6 is 0 Å². The molecule has 0 radical (unpaired) electrons. The molecule has 4 heteroatoms. The van der Waals surface area contributed by atoms with E-state index in [1.54, 1.807) is 26.0 Å². The number of rotatable bonds is 2. The number of phenols is 1. The fraction of sp³-hybridized carbons (Fsp3) is 0.462. The summed E-state index contributed by atoms with van der Waals surface area (Å²) < 4.78 is 0. The van der Waals surface area contributed by atoms with Gasteiger partial charge >= 0.3 is 5.97 Å². The highest BCUT2D eigenvalue weighted by Gasteiger charge is 2.39. The maximum Gasteiger partial charge on any atom is 0.311 e. The number of carbonyl (C=O) groups is 1. The van der Waals surface area contributed by atoms with E-state index in [2.05, 4.69) is 5.32 Å². The molecule has 3 N–H and O–H groups in total. The Labute approximate surface area is 100 Å². The van der Waals surface area contributed by atoms with E-state index in [1.807, 2.05) is 6.07 Å². The van der Waals surface area contributed by atoms with Crippen LogP contribution in [0.2, 0.25) is 0 Å². The second-order valence-corrected chi connectivity index (χ2v) is 5.05. The highest BCUT2D eigenvalue weighted by Crippen LogP contribution is 2.38. The van der Waals surface area contributed by atoms with Gasteiger partial charge in [0.15, 0.2) is 0 Å². The molecule has 1 atom stereocenters. The fourth-order valence-corrected chi connectivity index (χ4v) is 2.32. The first-order chi connectivity index (χ1) is 7.93. The van der Waals surface area contributed by atoms with Crippen molar-refractivity contribution in [1.29, 1.82) is 0 Å². The highest BCUT2D eigenvalue weighted by atomic mass is 16.4. The maximum absolute atomic E-state index is 11.3. The van der Waals surface area contributed by atoms with Gasteiger partial charge in [0.25, 0.3) is 0 Å². The van der Waals surface area contributed by atoms with Gasteiger partial charge in [-0.3, -0.25) is 4.79 Å². The minimum atomic E-state index is -0.869. The Balaban J connectivity index is 2.45. The third-order valence-corrected chi connectivity index (χ3v) is 3.45. The first-order valence-electron chi connectivity index (χ1n) is 5.71. The summed E-state index contributed by atoms with van der Waals surface area (Å²) in [5.74, 6) is -0.589. The molecule has 4 nitrogen and oxygen atoms in total. The lowest BCUT2D eigenvalue weighted by Gasteiger charge is -2.36. The van der Waals surface area contributed by atoms with Crippen molar-refractivity contribution in [3.63, 3.8) is 0 Å². The molecule has 0 saturated heterocycles. The van der Waals surface area contributed by atoms with Crippen LogP contribution in [0.5, 0.6) is 5.75 Å². The average molecular weight is 235 g/mol. The number of hydrogen-bond acceptors (Lipinski definition) is 3. The molecule has 2 rings (SSSR count). The number of benzene rings is 1. The van der Waals surface area contributed by atoms with E-state index in [0.717, 1.165) is 24.1 Å². The Kier molecular flexibility index (Phi) is 2.83. The third kappa shape index (κ3) is 2.00. The Morgan fingerprint density at radius 2 is 2.18 bits per heavy atom. The molecule has 0 aromatic heterocycles. The molecule has 17 heavy (non-hydrogen) atoms. The van der Waals surface area contributed by atoms with E-state index in [-0.39, 0.29) is 11.8 Å². The predicted octanol–water partition coefficient (Wildman–Crippen LogP) is 1.69. The summed E-state index contributed by atoms with van der Waals surface area (Å²) in [7, 11) is 0. The minimum absolute atomic E-state index is 0.218. The molecule has 0 aliphatic carbocycles. The van der Waals surface area contributed by atoms with Crippen LogP contribution in [0.25, 0.3) is 0 Å². The zero-order valence-corrected chi connectivity index (χ0v) is 10.0. The number of phenolic OH excluding ortho intramolecular Hbond substituents is 1. The van der Waals surface area contributed by atoms with Gasteiger partial charge in [-0.15, -0.1) is 0 Å². The molecule has 1 aliphatic heterocycles. The average Bonchev–Trinajstić information content (AvgIpc) is 2.27. The van der Waals surface area contributed by atoms with Crippen LogP contribution in [-0.4, -0.2) is 22.7 Å². The smallest absolute Gasteiger partial charge is 0.311 e. The summed E-state index contributed by atoms with van der Waals surface area (Å²) in [6.07, 6.45) is 0.815. The van der Waals surface area contributed by atoms with E-state index in [0.29, 0.717) is 0 Å². The summed E-state index contributed by atoms with van der Waals surface area (Å²) >= 11 is 0. The molecule has 0 fully saturated rings. The number of carboxylic acid groups (broad SMARTS) is 1. The Morgan fingerprint density at radius 3 is 2.82 bits per heavy atom. The summed E-state index contributed by atoms with van der Waals surface area (Å²) in [6.45, 7) is 4.17. The summed E-state index contributed by atoms with van der Waals surface area (Å²) in [5.41, 5.74) is 1.14. The number of fused-ring (bicyclic) bond motifs is 1. The van der Waals surface area contributed by atoms with Crippen molar-refractivity contribution in [2.75, 3.05) is 6.54 Å². The number of aromatic hydroxyl groups is 1. The van der Waals surface area contributed by atoms with Gasteiger partial charge in [-0.25, -0.2) is 0 Å². The summed E-state index contributed by atoms with van der Waals surface area (Å²) in [5, 5.41) is 22.0. The normalized spacial score (nSPS) is 19.8. The molecule has 1 aromatic carbocycles. The molecule has 92 valence electrons. The van der Waals surface area contributed by atoms with Crippen molar-refractivity contribution < 1.29 is 15.0 Å². The van der Waals surface area contributed by atoms with Crippen LogP contribution in [0.15, 0.2) is 18.2 Å². The molecule has 0 saturated carbocycles. The lowest BCUT2D eigenvalue weighted by molar-refractivity contribution is -0.148. The second kappa shape index (κ2) is 4.04. The van der Waals surface area contributed by atoms with Gasteiger partial charge in [0, 0.05) is 6.04 Å². The fourth-order valence-electron chi connectivity index (χ4n) is 2.32. The van der Waals surface area contributed by atoms with E-state index in [9.17, 15) is 15.0 Å². The van der Waals surface area contributed by atoms with Crippen LogP contribution < -0.4 is 5.32 Å². The van der Waals surface area contributed by atoms with Gasteiger partial charge in [-0.1, -0.05) is 6.07 Å². The molecular formula is C13H17NO3. The lowest BCUT2D eigenvalue weighted by atomic mass is 9.77. The van der Waals surface area contributed by atoms with E-state index in [1.165, 1.54) is 0 Å². The molecule has 1 heterocycles. The van der Waals surface area contributed by atoms with E-state index in [4.69, 9.17) is 0 Å². The van der Waals surface area contributed by atoms with Gasteiger partial charge in [-0.05, 0) is 50.1 Å². The van der Waals surface area contributed by atoms with Crippen LogP contribution in [0.1, 0.15) is 31.0 Å². The van der Waals surface area contributed by atoms with Gasteiger partial charge in [0.05, 0.1) is 5.41 Å². The van der Waals surface area contributed by atoms with Gasteiger partial charge in [-0.2, -0.15) is 0 Å². The second-order valence-electron chi connectivity index (χ2n) is 5.05. The van der Waals surface area contributed by atoms with Gasteiger partial charge in [0.1, 0.15) is 5.75 Å². The number of nitrogens with one attached hydrogen (secondary N) is 1. The van der Waals surface area contributed by atoms with Crippen molar-refractivity contribution >= 4 is 5.97 Å². The Hall–Kier alpha value is -1.55. The minimum Gasteiger partial charge on any atom is -0.508 e. The first-order valence-corrected chi connectivity index (χ1v) is 5.71. The maximum atomic E-state index is 11.3. The molecule has 0 bridgehead atoms. The van der Waals surface area contributed by atoms with Crippen molar-refractivity contribution in [3.05, 3.63) is 29.3 Å². The number of carboxylic acids is 1. The van der Waals surface area contributed by atoms with Crippen LogP contribution in [0.3, 0.4) is 0 Å². The van der Waals surface area contributed by atoms with E-state index >= 15 is 0 Å². The molecule has 0 amide bonds. The van der Waals surface area contributed by atoms with Crippen LogP contribution in [0.4, 0.5) is 0 Å². The number of aliphatic carboxylic acids is 1. The first kappa shape index (κ1) is 11.9. The monoisotopic (exact) mass is 235 g/mol. The quantitative estimate of drug-likeness (QED) is 0.729. The summed E-state index contributed by atoms with van der Waals surface area (Å²) in [6, 6.07) is 4.92. The zero-order chi connectivity index (χ0) is 12.6. The van der Waals surface area contributed by atoms with Crippen molar-refractivity contribution in [3.8, 4) is 5.75 Å². The Bertz CT molecular complexity index is 454. The zero-order valence-electron chi connectivity index (χ0n) is 10.0. The number of hydrogen-bond donors (Lipinski definition) is 3.